The molecule has 6 heteroatoms. The number of nitrogens with one attached hydrogen (secondary N) is 1. The monoisotopic (exact) mass is 361 g/mol. The number of carbonyl (C=O) groups is 1. The molecule has 0 saturated heterocycles. The summed E-state index contributed by atoms with van der Waals surface area (Å²) in [6.07, 6.45) is 1.98. The molecular weight excluding hydrogens is 342 g/mol. The second kappa shape index (κ2) is 8.26. The molecule has 0 bridgehead atoms. The fraction of sp³-hybridized carbons (Fsp3) is 0.278. The number of rotatable bonds is 8. The molecule has 2 heterocycles. The summed E-state index contributed by atoms with van der Waals surface area (Å²) >= 11 is 3.54. The molecule has 2 aromatic heterocycles. The van der Waals surface area contributed by atoms with E-state index < -0.39 is 0 Å². The maximum atomic E-state index is 12.1. The largest absolute Gasteiger partial charge is 0.497 e. The molecule has 126 valence electrons. The summed E-state index contributed by atoms with van der Waals surface area (Å²) in [4.78, 5) is 12.1. The van der Waals surface area contributed by atoms with Crippen molar-refractivity contribution in [1.82, 2.24) is 5.32 Å². The molecule has 0 unspecified atom stereocenters. The Kier molecular flexibility index (Phi) is 5.82. The fourth-order valence-electron chi connectivity index (χ4n) is 2.39. The second-order valence-corrected chi connectivity index (χ2v) is 7.22. The number of thioether (sulfide) groups is 1. The minimum atomic E-state index is 0.0182. The van der Waals surface area contributed by atoms with Crippen LogP contribution >= 0.6 is 23.1 Å². The third kappa shape index (κ3) is 4.33. The van der Waals surface area contributed by atoms with E-state index in [0.717, 1.165) is 33.8 Å². The lowest BCUT2D eigenvalue weighted by atomic mass is 10.1. The number of carbonyl (C=O) groups excluding carboxylic acids is 1. The van der Waals surface area contributed by atoms with Gasteiger partial charge in [0.2, 0.25) is 5.91 Å². The first kappa shape index (κ1) is 16.9. The van der Waals surface area contributed by atoms with Crippen molar-refractivity contribution in [2.75, 3.05) is 19.4 Å². The summed E-state index contributed by atoms with van der Waals surface area (Å²) in [5.74, 6) is 2.67. The summed E-state index contributed by atoms with van der Waals surface area (Å²) in [5, 5.41) is 8.16. The molecule has 4 nitrogen and oxygen atoms in total. The second-order valence-electron chi connectivity index (χ2n) is 5.33. The molecule has 0 aliphatic heterocycles. The van der Waals surface area contributed by atoms with E-state index in [1.54, 1.807) is 24.7 Å². The number of ether oxygens (including phenoxy) is 1. The summed E-state index contributed by atoms with van der Waals surface area (Å²) < 4.78 is 10.7. The van der Waals surface area contributed by atoms with Crippen LogP contribution < -0.4 is 10.1 Å². The zero-order valence-electron chi connectivity index (χ0n) is 13.4. The molecule has 0 aliphatic carbocycles. The predicted molar refractivity (Wildman–Crippen MR) is 100.0 cm³/mol. The SMILES string of the molecule is COc1ccc2c(CC(=O)NCCSCc3ccsc3)coc2c1. The number of amides is 1. The highest BCUT2D eigenvalue weighted by atomic mass is 32.2. The average molecular weight is 361 g/mol. The van der Waals surface area contributed by atoms with E-state index >= 15 is 0 Å². The molecule has 0 saturated carbocycles. The first-order valence-electron chi connectivity index (χ1n) is 7.66. The average Bonchev–Trinajstić information content (AvgIpc) is 3.24. The molecule has 1 amide bonds. The molecule has 3 rings (SSSR count). The van der Waals surface area contributed by atoms with Gasteiger partial charge >= 0.3 is 0 Å². The van der Waals surface area contributed by atoms with E-state index in [9.17, 15) is 4.79 Å². The van der Waals surface area contributed by atoms with Crippen LogP contribution in [0.2, 0.25) is 0 Å². The molecule has 1 N–H and O–H groups in total. The van der Waals surface area contributed by atoms with Gasteiger partial charge in [0, 0.05) is 35.1 Å². The Balaban J connectivity index is 1.45. The van der Waals surface area contributed by atoms with Crippen LogP contribution in [0.5, 0.6) is 5.75 Å². The molecule has 0 spiro atoms. The van der Waals surface area contributed by atoms with Gasteiger partial charge in [-0.25, -0.2) is 0 Å². The first-order valence-corrected chi connectivity index (χ1v) is 9.75. The highest BCUT2D eigenvalue weighted by molar-refractivity contribution is 7.98. The van der Waals surface area contributed by atoms with Crippen molar-refractivity contribution in [3.05, 3.63) is 52.4 Å². The number of fused-ring (bicyclic) bond motifs is 1. The zero-order chi connectivity index (χ0) is 16.8. The Hall–Kier alpha value is -1.92. The first-order chi connectivity index (χ1) is 11.8. The maximum Gasteiger partial charge on any atom is 0.224 e. The van der Waals surface area contributed by atoms with Crippen molar-refractivity contribution in [3.8, 4) is 5.75 Å². The summed E-state index contributed by atoms with van der Waals surface area (Å²) in [7, 11) is 1.62. The van der Waals surface area contributed by atoms with E-state index in [0.29, 0.717) is 13.0 Å². The highest BCUT2D eigenvalue weighted by Crippen LogP contribution is 2.25. The lowest BCUT2D eigenvalue weighted by molar-refractivity contribution is -0.120. The van der Waals surface area contributed by atoms with E-state index in [1.807, 2.05) is 30.0 Å². The number of benzene rings is 1. The molecule has 0 aliphatic rings. The van der Waals surface area contributed by atoms with Gasteiger partial charge in [0.25, 0.3) is 0 Å². The van der Waals surface area contributed by atoms with Crippen LogP contribution in [0.4, 0.5) is 0 Å². The van der Waals surface area contributed by atoms with Crippen LogP contribution in [0.3, 0.4) is 0 Å². The van der Waals surface area contributed by atoms with Gasteiger partial charge in [0.05, 0.1) is 19.8 Å². The fourth-order valence-corrected chi connectivity index (χ4v) is 3.97. The van der Waals surface area contributed by atoms with Crippen LogP contribution in [-0.4, -0.2) is 25.3 Å². The Bertz CT molecular complexity index is 796. The van der Waals surface area contributed by atoms with Crippen molar-refractivity contribution < 1.29 is 13.9 Å². The minimum Gasteiger partial charge on any atom is -0.497 e. The summed E-state index contributed by atoms with van der Waals surface area (Å²) in [5.41, 5.74) is 2.98. The van der Waals surface area contributed by atoms with Gasteiger partial charge < -0.3 is 14.5 Å². The van der Waals surface area contributed by atoms with Crippen LogP contribution in [-0.2, 0) is 17.0 Å². The Labute approximate surface area is 149 Å². The van der Waals surface area contributed by atoms with Crippen LogP contribution in [0, 0.1) is 0 Å². The van der Waals surface area contributed by atoms with Crippen molar-refractivity contribution in [2.24, 2.45) is 0 Å². The third-order valence-corrected chi connectivity index (χ3v) is 5.39. The molecular formula is C18H19NO3S2. The minimum absolute atomic E-state index is 0.0182. The lowest BCUT2D eigenvalue weighted by Crippen LogP contribution is -2.27. The standard InChI is InChI=1S/C18H19NO3S2/c1-21-15-2-3-16-14(10-22-17(16)9-15)8-18(20)19-5-7-24-12-13-4-6-23-11-13/h2-4,6,9-11H,5,7-8,12H2,1H3,(H,19,20). The third-order valence-electron chi connectivity index (χ3n) is 3.63. The predicted octanol–water partition coefficient (Wildman–Crippen LogP) is 4.10. The van der Waals surface area contributed by atoms with E-state index in [2.05, 4.69) is 22.1 Å². The molecule has 3 aromatic rings. The maximum absolute atomic E-state index is 12.1. The highest BCUT2D eigenvalue weighted by Gasteiger charge is 2.11. The Morgan fingerprint density at radius 1 is 1.38 bits per heavy atom. The number of methoxy groups -OCH3 is 1. The van der Waals surface area contributed by atoms with Crippen LogP contribution in [0.15, 0.2) is 45.7 Å². The van der Waals surface area contributed by atoms with Crippen molar-refractivity contribution in [2.45, 2.75) is 12.2 Å². The van der Waals surface area contributed by atoms with Gasteiger partial charge in [-0.05, 0) is 34.5 Å². The van der Waals surface area contributed by atoms with Gasteiger partial charge in [-0.2, -0.15) is 23.1 Å². The van der Waals surface area contributed by atoms with Crippen molar-refractivity contribution in [1.29, 1.82) is 0 Å². The van der Waals surface area contributed by atoms with Gasteiger partial charge in [-0.15, -0.1) is 0 Å². The topological polar surface area (TPSA) is 51.5 Å². The van der Waals surface area contributed by atoms with Gasteiger partial charge in [0.1, 0.15) is 11.3 Å². The zero-order valence-corrected chi connectivity index (χ0v) is 15.0. The Morgan fingerprint density at radius 3 is 3.08 bits per heavy atom. The number of thiophene rings is 1. The molecule has 0 radical (unpaired) electrons. The quantitative estimate of drug-likeness (QED) is 0.614. The van der Waals surface area contributed by atoms with Crippen molar-refractivity contribution >= 4 is 40.0 Å². The van der Waals surface area contributed by atoms with Crippen LogP contribution in [0.25, 0.3) is 11.0 Å². The molecule has 24 heavy (non-hydrogen) atoms. The van der Waals surface area contributed by atoms with Crippen molar-refractivity contribution in [3.63, 3.8) is 0 Å². The number of furan rings is 1. The smallest absolute Gasteiger partial charge is 0.224 e. The number of hydrogen-bond acceptors (Lipinski definition) is 5. The lowest BCUT2D eigenvalue weighted by Gasteiger charge is -2.04. The molecule has 0 fully saturated rings. The summed E-state index contributed by atoms with van der Waals surface area (Å²) in [6.45, 7) is 0.678. The van der Waals surface area contributed by atoms with E-state index in [4.69, 9.17) is 9.15 Å². The molecule has 1 aromatic carbocycles. The molecule has 0 atom stereocenters. The summed E-state index contributed by atoms with van der Waals surface area (Å²) in [6, 6.07) is 7.77. The van der Waals surface area contributed by atoms with E-state index in [-0.39, 0.29) is 5.91 Å². The Morgan fingerprint density at radius 2 is 2.29 bits per heavy atom. The van der Waals surface area contributed by atoms with Gasteiger partial charge in [0.15, 0.2) is 0 Å². The van der Waals surface area contributed by atoms with Crippen LogP contribution in [0.1, 0.15) is 11.1 Å². The van der Waals surface area contributed by atoms with Gasteiger partial charge in [-0.3, -0.25) is 4.79 Å². The number of hydrogen-bond donors (Lipinski definition) is 1. The van der Waals surface area contributed by atoms with E-state index in [1.165, 1.54) is 5.56 Å². The normalized spacial score (nSPS) is 10.9. The van der Waals surface area contributed by atoms with Gasteiger partial charge in [-0.1, -0.05) is 0 Å².